The number of amides is 1. The summed E-state index contributed by atoms with van der Waals surface area (Å²) in [6.07, 6.45) is 7.12. The standard InChI is InChI=1S/C18H26N2O4S/c1-19(15-7-5-3-4-6-8-15)18(21)13-25-12-14-9-10-17(24-2)16(11-14)20(22)23/h9-11,15H,3-8,12-13H2,1-2H3. The molecular weight excluding hydrogens is 340 g/mol. The maximum Gasteiger partial charge on any atom is 0.311 e. The van der Waals surface area contributed by atoms with Gasteiger partial charge >= 0.3 is 5.69 Å². The van der Waals surface area contributed by atoms with Crippen LogP contribution in [0.3, 0.4) is 0 Å². The lowest BCUT2D eigenvalue weighted by molar-refractivity contribution is -0.385. The van der Waals surface area contributed by atoms with Crippen molar-refractivity contribution in [1.82, 2.24) is 4.90 Å². The molecule has 0 saturated heterocycles. The van der Waals surface area contributed by atoms with Gasteiger partial charge in [-0.2, -0.15) is 0 Å². The van der Waals surface area contributed by atoms with E-state index in [1.165, 1.54) is 50.6 Å². The SMILES string of the molecule is COc1ccc(CSCC(=O)N(C)C2CCCCCC2)cc1[N+](=O)[O-]. The third kappa shape index (κ3) is 5.63. The fourth-order valence-corrected chi connectivity index (χ4v) is 4.07. The number of carbonyl (C=O) groups excluding carboxylic acids is 1. The second kappa shape index (κ2) is 9.65. The zero-order chi connectivity index (χ0) is 18.2. The van der Waals surface area contributed by atoms with Gasteiger partial charge in [-0.25, -0.2) is 0 Å². The molecule has 0 radical (unpaired) electrons. The first-order valence-electron chi connectivity index (χ1n) is 8.67. The van der Waals surface area contributed by atoms with Crippen molar-refractivity contribution in [2.24, 2.45) is 0 Å². The van der Waals surface area contributed by atoms with Crippen LogP contribution >= 0.6 is 11.8 Å². The number of hydrogen-bond donors (Lipinski definition) is 0. The van der Waals surface area contributed by atoms with E-state index in [0.717, 1.165) is 18.4 Å². The van der Waals surface area contributed by atoms with Gasteiger partial charge in [-0.05, 0) is 24.5 Å². The highest BCUT2D eigenvalue weighted by atomic mass is 32.2. The van der Waals surface area contributed by atoms with Crippen LogP contribution in [0, 0.1) is 10.1 Å². The Morgan fingerprint density at radius 3 is 2.60 bits per heavy atom. The third-order valence-corrected chi connectivity index (χ3v) is 5.69. The molecule has 25 heavy (non-hydrogen) atoms. The molecule has 6 nitrogen and oxygen atoms in total. The Morgan fingerprint density at radius 1 is 1.32 bits per heavy atom. The zero-order valence-corrected chi connectivity index (χ0v) is 15.7. The van der Waals surface area contributed by atoms with Crippen LogP contribution in [0.4, 0.5) is 5.69 Å². The zero-order valence-electron chi connectivity index (χ0n) is 14.9. The molecule has 0 atom stereocenters. The highest BCUT2D eigenvalue weighted by Gasteiger charge is 2.21. The van der Waals surface area contributed by atoms with E-state index in [4.69, 9.17) is 4.74 Å². The largest absolute Gasteiger partial charge is 0.490 e. The number of benzene rings is 1. The lowest BCUT2D eigenvalue weighted by atomic mass is 10.1. The molecule has 1 aromatic carbocycles. The van der Waals surface area contributed by atoms with Gasteiger partial charge in [0.2, 0.25) is 5.91 Å². The van der Waals surface area contributed by atoms with E-state index in [1.54, 1.807) is 12.1 Å². The van der Waals surface area contributed by atoms with E-state index in [1.807, 2.05) is 11.9 Å². The van der Waals surface area contributed by atoms with Crippen molar-refractivity contribution in [2.45, 2.75) is 50.3 Å². The lowest BCUT2D eigenvalue weighted by Crippen LogP contribution is -2.37. The molecule has 0 bridgehead atoms. The Hall–Kier alpha value is -1.76. The maximum atomic E-state index is 12.4. The minimum absolute atomic E-state index is 0.0394. The number of thioether (sulfide) groups is 1. The Morgan fingerprint density at radius 2 is 2.00 bits per heavy atom. The van der Waals surface area contributed by atoms with Crippen molar-refractivity contribution in [2.75, 3.05) is 19.9 Å². The smallest absolute Gasteiger partial charge is 0.311 e. The molecule has 1 aliphatic rings. The van der Waals surface area contributed by atoms with Crippen LogP contribution in [0.15, 0.2) is 18.2 Å². The van der Waals surface area contributed by atoms with Crippen LogP contribution in [0.2, 0.25) is 0 Å². The molecule has 0 N–H and O–H groups in total. The fourth-order valence-electron chi connectivity index (χ4n) is 3.17. The second-order valence-corrected chi connectivity index (χ2v) is 7.39. The van der Waals surface area contributed by atoms with Crippen LogP contribution in [-0.4, -0.2) is 41.7 Å². The molecule has 1 aromatic rings. The van der Waals surface area contributed by atoms with E-state index in [9.17, 15) is 14.9 Å². The number of rotatable bonds is 7. The highest BCUT2D eigenvalue weighted by Crippen LogP contribution is 2.29. The molecule has 1 saturated carbocycles. The molecule has 0 aromatic heterocycles. The normalized spacial score (nSPS) is 15.4. The molecule has 1 fully saturated rings. The van der Waals surface area contributed by atoms with Crippen molar-refractivity contribution in [3.63, 3.8) is 0 Å². The minimum Gasteiger partial charge on any atom is -0.490 e. The monoisotopic (exact) mass is 366 g/mol. The van der Waals surface area contributed by atoms with Crippen LogP contribution in [-0.2, 0) is 10.5 Å². The summed E-state index contributed by atoms with van der Waals surface area (Å²) >= 11 is 1.49. The Labute approximate surface area is 153 Å². The number of nitro groups is 1. The van der Waals surface area contributed by atoms with E-state index in [-0.39, 0.29) is 17.3 Å². The average molecular weight is 366 g/mol. The molecule has 1 aliphatic carbocycles. The number of nitrogens with zero attached hydrogens (tertiary/aromatic N) is 2. The van der Waals surface area contributed by atoms with E-state index in [2.05, 4.69) is 0 Å². The predicted octanol–water partition coefficient (Wildman–Crippen LogP) is 4.02. The Kier molecular flexibility index (Phi) is 7.55. The average Bonchev–Trinajstić information content (AvgIpc) is 2.90. The van der Waals surface area contributed by atoms with Gasteiger partial charge in [0, 0.05) is 24.9 Å². The molecule has 1 amide bonds. The highest BCUT2D eigenvalue weighted by molar-refractivity contribution is 7.99. The summed E-state index contributed by atoms with van der Waals surface area (Å²) < 4.78 is 5.00. The first kappa shape index (κ1) is 19.6. The van der Waals surface area contributed by atoms with Crippen molar-refractivity contribution in [1.29, 1.82) is 0 Å². The summed E-state index contributed by atoms with van der Waals surface area (Å²) in [5, 5.41) is 11.1. The van der Waals surface area contributed by atoms with Crippen molar-refractivity contribution in [3.05, 3.63) is 33.9 Å². The number of ether oxygens (including phenoxy) is 1. The summed E-state index contributed by atoms with van der Waals surface area (Å²) in [6.45, 7) is 0. The summed E-state index contributed by atoms with van der Waals surface area (Å²) in [5.41, 5.74) is 0.782. The van der Waals surface area contributed by atoms with Crippen molar-refractivity contribution >= 4 is 23.4 Å². The van der Waals surface area contributed by atoms with Crippen LogP contribution < -0.4 is 4.74 Å². The summed E-state index contributed by atoms with van der Waals surface area (Å²) in [7, 11) is 3.32. The van der Waals surface area contributed by atoms with Crippen LogP contribution in [0.5, 0.6) is 5.75 Å². The quantitative estimate of drug-likeness (QED) is 0.414. The molecule has 0 unspecified atom stereocenters. The summed E-state index contributed by atoms with van der Waals surface area (Å²) in [5.74, 6) is 1.35. The first-order valence-corrected chi connectivity index (χ1v) is 9.83. The van der Waals surface area contributed by atoms with Crippen molar-refractivity contribution < 1.29 is 14.5 Å². The van der Waals surface area contributed by atoms with Gasteiger partial charge in [-0.15, -0.1) is 11.8 Å². The number of methoxy groups -OCH3 is 1. The molecule has 138 valence electrons. The molecule has 0 aliphatic heterocycles. The van der Waals surface area contributed by atoms with E-state index >= 15 is 0 Å². The summed E-state index contributed by atoms with van der Waals surface area (Å²) in [4.78, 5) is 24.9. The molecule has 0 spiro atoms. The van der Waals surface area contributed by atoms with E-state index in [0.29, 0.717) is 17.5 Å². The van der Waals surface area contributed by atoms with Gasteiger partial charge < -0.3 is 9.64 Å². The topological polar surface area (TPSA) is 72.7 Å². The molecule has 0 heterocycles. The van der Waals surface area contributed by atoms with Gasteiger partial charge in [-0.3, -0.25) is 14.9 Å². The predicted molar refractivity (Wildman–Crippen MR) is 100 cm³/mol. The van der Waals surface area contributed by atoms with Crippen LogP contribution in [0.1, 0.15) is 44.1 Å². The molecule has 7 heteroatoms. The lowest BCUT2D eigenvalue weighted by Gasteiger charge is -2.27. The van der Waals surface area contributed by atoms with Crippen molar-refractivity contribution in [3.8, 4) is 5.75 Å². The molecular formula is C18H26N2O4S. The molecule has 2 rings (SSSR count). The fraction of sp³-hybridized carbons (Fsp3) is 0.611. The van der Waals surface area contributed by atoms with Gasteiger partial charge in [0.25, 0.3) is 0 Å². The van der Waals surface area contributed by atoms with Gasteiger partial charge in [0.05, 0.1) is 17.8 Å². The van der Waals surface area contributed by atoms with Crippen LogP contribution in [0.25, 0.3) is 0 Å². The maximum absolute atomic E-state index is 12.4. The number of carbonyl (C=O) groups is 1. The van der Waals surface area contributed by atoms with E-state index < -0.39 is 4.92 Å². The Balaban J connectivity index is 1.86. The van der Waals surface area contributed by atoms with Gasteiger partial charge in [0.1, 0.15) is 0 Å². The van der Waals surface area contributed by atoms with Gasteiger partial charge in [0.15, 0.2) is 5.75 Å². The Bertz CT molecular complexity index is 601. The second-order valence-electron chi connectivity index (χ2n) is 6.41. The number of hydrogen-bond acceptors (Lipinski definition) is 5. The number of nitro benzene ring substituents is 1. The summed E-state index contributed by atoms with van der Waals surface area (Å²) in [6, 6.07) is 5.29. The third-order valence-electron chi connectivity index (χ3n) is 4.70. The van der Waals surface area contributed by atoms with Gasteiger partial charge in [-0.1, -0.05) is 31.7 Å². The minimum atomic E-state index is -0.446. The first-order chi connectivity index (χ1) is 12.0.